The summed E-state index contributed by atoms with van der Waals surface area (Å²) in [5.41, 5.74) is 0.149. The molecule has 0 radical (unpaired) electrons. The van der Waals surface area contributed by atoms with Crippen LogP contribution in [0.15, 0.2) is 52.9 Å². The zero-order valence-corrected chi connectivity index (χ0v) is 15.0. The van der Waals surface area contributed by atoms with Gasteiger partial charge in [0.2, 0.25) is 0 Å². The summed E-state index contributed by atoms with van der Waals surface area (Å²) in [7, 11) is 0. The first-order valence-corrected chi connectivity index (χ1v) is 9.17. The van der Waals surface area contributed by atoms with Gasteiger partial charge in [0.1, 0.15) is 27.7 Å². The maximum Gasteiger partial charge on any atom is 0.473 e. The summed E-state index contributed by atoms with van der Waals surface area (Å²) in [6.07, 6.45) is -5.10. The largest absolute Gasteiger partial charge is 0.493 e. The quantitative estimate of drug-likeness (QED) is 0.629. The van der Waals surface area contributed by atoms with E-state index in [1.54, 1.807) is 24.3 Å². The molecule has 10 heteroatoms. The Bertz CT molecular complexity index is 927. The average Bonchev–Trinajstić information content (AvgIpc) is 3.02. The number of thioether (sulfide) groups is 1. The van der Waals surface area contributed by atoms with E-state index in [9.17, 15) is 26.7 Å². The molecular formula is C18H13F5N2O2S. The van der Waals surface area contributed by atoms with E-state index in [0.717, 1.165) is 23.9 Å². The molecule has 2 aliphatic heterocycles. The summed E-state index contributed by atoms with van der Waals surface area (Å²) in [6, 6.07) is 6.37. The fourth-order valence-corrected chi connectivity index (χ4v) is 4.77. The van der Waals surface area contributed by atoms with Gasteiger partial charge in [0, 0.05) is 24.0 Å². The second kappa shape index (κ2) is 6.61. The average molecular weight is 416 g/mol. The van der Waals surface area contributed by atoms with E-state index in [1.807, 2.05) is 0 Å². The third kappa shape index (κ3) is 2.99. The van der Waals surface area contributed by atoms with Crippen LogP contribution in [0.25, 0.3) is 0 Å². The molecule has 1 aromatic carbocycles. The van der Waals surface area contributed by atoms with Gasteiger partial charge in [-0.15, -0.1) is 0 Å². The van der Waals surface area contributed by atoms with Gasteiger partial charge in [-0.05, 0) is 18.2 Å². The number of rotatable bonds is 1. The lowest BCUT2D eigenvalue weighted by atomic mass is 9.99. The highest BCUT2D eigenvalue weighted by Crippen LogP contribution is 2.55. The van der Waals surface area contributed by atoms with Crippen molar-refractivity contribution in [3.05, 3.63) is 53.4 Å². The van der Waals surface area contributed by atoms with Gasteiger partial charge in [-0.25, -0.2) is 13.8 Å². The Hall–Kier alpha value is -2.36. The SMILES string of the molecule is O=C(N1N=C(C2=CC(F)=CCC2F)SC12CCOc1ccccc12)C(F)(F)F. The summed E-state index contributed by atoms with van der Waals surface area (Å²) in [5, 5.41) is 4.02. The van der Waals surface area contributed by atoms with Crippen LogP contribution in [0.5, 0.6) is 5.75 Å². The number of amides is 1. The van der Waals surface area contributed by atoms with Crippen LogP contribution in [-0.4, -0.2) is 34.9 Å². The number of para-hydroxylation sites is 1. The van der Waals surface area contributed by atoms with E-state index in [2.05, 4.69) is 5.10 Å². The number of ether oxygens (including phenoxy) is 1. The molecule has 148 valence electrons. The minimum absolute atomic E-state index is 0.00601. The van der Waals surface area contributed by atoms with Gasteiger partial charge >= 0.3 is 12.1 Å². The Balaban J connectivity index is 1.84. The first-order valence-electron chi connectivity index (χ1n) is 8.35. The number of benzene rings is 1. The monoisotopic (exact) mass is 416 g/mol. The zero-order chi connectivity index (χ0) is 20.1. The molecule has 0 N–H and O–H groups in total. The highest BCUT2D eigenvalue weighted by Gasteiger charge is 2.57. The van der Waals surface area contributed by atoms with Gasteiger partial charge in [-0.2, -0.15) is 18.3 Å². The molecule has 2 heterocycles. The van der Waals surface area contributed by atoms with E-state index >= 15 is 0 Å². The summed E-state index contributed by atoms with van der Waals surface area (Å²) in [5.74, 6) is -2.55. The predicted molar refractivity (Wildman–Crippen MR) is 92.9 cm³/mol. The molecule has 1 amide bonds. The Morgan fingerprint density at radius 3 is 2.82 bits per heavy atom. The molecule has 4 nitrogen and oxygen atoms in total. The third-order valence-electron chi connectivity index (χ3n) is 4.64. The Labute approximate surface area is 160 Å². The fraction of sp³-hybridized carbons (Fsp3) is 0.333. The Morgan fingerprint density at radius 1 is 1.32 bits per heavy atom. The lowest BCUT2D eigenvalue weighted by Gasteiger charge is -2.39. The summed E-state index contributed by atoms with van der Waals surface area (Å²) in [4.78, 5) is 10.6. The van der Waals surface area contributed by atoms with Crippen molar-refractivity contribution < 1.29 is 31.5 Å². The van der Waals surface area contributed by atoms with Gasteiger partial charge in [-0.1, -0.05) is 30.0 Å². The van der Waals surface area contributed by atoms with Gasteiger partial charge in [0.15, 0.2) is 0 Å². The van der Waals surface area contributed by atoms with Crippen molar-refractivity contribution >= 4 is 22.7 Å². The molecule has 2 unspecified atom stereocenters. The lowest BCUT2D eigenvalue weighted by Crippen LogP contribution is -2.49. The maximum absolute atomic E-state index is 14.4. The van der Waals surface area contributed by atoms with Gasteiger partial charge < -0.3 is 4.74 Å². The van der Waals surface area contributed by atoms with E-state index in [0.29, 0.717) is 16.3 Å². The zero-order valence-electron chi connectivity index (χ0n) is 14.2. The molecule has 0 bridgehead atoms. The molecule has 4 rings (SSSR count). The molecule has 3 aliphatic rings. The van der Waals surface area contributed by atoms with E-state index in [-0.39, 0.29) is 30.1 Å². The van der Waals surface area contributed by atoms with Crippen molar-refractivity contribution in [2.45, 2.75) is 30.1 Å². The maximum atomic E-state index is 14.4. The molecule has 2 atom stereocenters. The van der Waals surface area contributed by atoms with Crippen molar-refractivity contribution in [2.24, 2.45) is 5.10 Å². The van der Waals surface area contributed by atoms with Crippen LogP contribution >= 0.6 is 11.8 Å². The van der Waals surface area contributed by atoms with Crippen LogP contribution in [0.1, 0.15) is 18.4 Å². The van der Waals surface area contributed by atoms with Crippen LogP contribution in [0, 0.1) is 0 Å². The first kappa shape index (κ1) is 19.0. The number of allylic oxidation sites excluding steroid dienone is 3. The van der Waals surface area contributed by atoms with Crippen molar-refractivity contribution in [2.75, 3.05) is 6.61 Å². The van der Waals surface area contributed by atoms with Gasteiger partial charge in [0.05, 0.1) is 6.61 Å². The smallest absolute Gasteiger partial charge is 0.473 e. The number of carbonyl (C=O) groups is 1. The van der Waals surface area contributed by atoms with E-state index in [4.69, 9.17) is 4.74 Å². The second-order valence-corrected chi connectivity index (χ2v) is 7.66. The van der Waals surface area contributed by atoms with Crippen LogP contribution in [-0.2, 0) is 9.67 Å². The van der Waals surface area contributed by atoms with Crippen molar-refractivity contribution in [3.8, 4) is 5.75 Å². The van der Waals surface area contributed by atoms with Gasteiger partial charge in [-0.3, -0.25) is 4.79 Å². The molecule has 1 spiro atoms. The summed E-state index contributed by atoms with van der Waals surface area (Å²) in [6.45, 7) is 0.0425. The highest BCUT2D eigenvalue weighted by atomic mass is 32.2. The number of alkyl halides is 4. The molecule has 0 saturated heterocycles. The summed E-state index contributed by atoms with van der Waals surface area (Å²) < 4.78 is 73.3. The van der Waals surface area contributed by atoms with Crippen molar-refractivity contribution in [3.63, 3.8) is 0 Å². The first-order chi connectivity index (χ1) is 13.2. The van der Waals surface area contributed by atoms with Crippen LogP contribution < -0.4 is 4.74 Å². The predicted octanol–water partition coefficient (Wildman–Crippen LogP) is 4.59. The molecule has 0 aromatic heterocycles. The second-order valence-electron chi connectivity index (χ2n) is 6.39. The number of hydrogen-bond donors (Lipinski definition) is 0. The topological polar surface area (TPSA) is 41.9 Å². The van der Waals surface area contributed by atoms with Gasteiger partial charge in [0.25, 0.3) is 0 Å². The third-order valence-corrected chi connectivity index (χ3v) is 6.08. The van der Waals surface area contributed by atoms with Crippen LogP contribution in [0.3, 0.4) is 0 Å². The number of hydrazone groups is 1. The van der Waals surface area contributed by atoms with Crippen molar-refractivity contribution in [1.82, 2.24) is 5.01 Å². The molecule has 0 saturated carbocycles. The van der Waals surface area contributed by atoms with Crippen molar-refractivity contribution in [1.29, 1.82) is 0 Å². The number of hydrogen-bond acceptors (Lipinski definition) is 4. The summed E-state index contributed by atoms with van der Waals surface area (Å²) >= 11 is 0.814. The molecule has 1 aliphatic carbocycles. The molecule has 28 heavy (non-hydrogen) atoms. The number of halogens is 5. The highest BCUT2D eigenvalue weighted by molar-refractivity contribution is 8.15. The molecule has 1 aromatic rings. The number of carbonyl (C=O) groups excluding carboxylic acids is 1. The van der Waals surface area contributed by atoms with E-state index in [1.165, 1.54) is 0 Å². The van der Waals surface area contributed by atoms with Crippen LogP contribution in [0.4, 0.5) is 22.0 Å². The Kier molecular flexibility index (Phi) is 4.48. The molecular weight excluding hydrogens is 403 g/mol. The van der Waals surface area contributed by atoms with Crippen LogP contribution in [0.2, 0.25) is 0 Å². The normalized spacial score (nSPS) is 27.0. The Morgan fingerprint density at radius 2 is 2.07 bits per heavy atom. The number of nitrogens with zero attached hydrogens (tertiary/aromatic N) is 2. The standard InChI is InChI=1S/C18H13F5N2O2S/c19-10-5-6-13(20)11(9-10)15-24-25(16(26)18(21,22)23)17(28-15)7-8-27-14-4-2-1-3-12(14)17/h1-5,9,13H,6-8H2. The fourth-order valence-electron chi connectivity index (χ4n) is 3.35. The van der Waals surface area contributed by atoms with E-state index < -0.39 is 29.0 Å². The number of fused-ring (bicyclic) bond motifs is 2. The minimum Gasteiger partial charge on any atom is -0.493 e. The minimum atomic E-state index is -5.18. The molecule has 0 fully saturated rings. The lowest BCUT2D eigenvalue weighted by molar-refractivity contribution is -0.189.